The molecule has 2 amide bonds. The van der Waals surface area contributed by atoms with Gasteiger partial charge >= 0.3 is 5.97 Å². The van der Waals surface area contributed by atoms with Crippen LogP contribution in [-0.4, -0.2) is 46.5 Å². The van der Waals surface area contributed by atoms with Crippen LogP contribution in [0.5, 0.6) is 0 Å². The molecule has 0 spiro atoms. The molecule has 0 aromatic carbocycles. The lowest BCUT2D eigenvalue weighted by Crippen LogP contribution is -2.42. The number of aromatic nitrogens is 1. The molecule has 0 saturated carbocycles. The first-order valence-corrected chi connectivity index (χ1v) is 7.89. The van der Waals surface area contributed by atoms with Gasteiger partial charge < -0.3 is 14.2 Å². The topological polar surface area (TPSA) is 102 Å². The zero-order valence-electron chi connectivity index (χ0n) is 14.6. The zero-order valence-corrected chi connectivity index (χ0v) is 14.6. The number of aryl methyl sites for hydroxylation is 1. The van der Waals surface area contributed by atoms with Crippen molar-refractivity contribution < 1.29 is 23.6 Å². The molecule has 1 aliphatic heterocycles. The molecular weight excluding hydrogens is 314 g/mol. The van der Waals surface area contributed by atoms with Crippen LogP contribution in [0.1, 0.15) is 50.2 Å². The summed E-state index contributed by atoms with van der Waals surface area (Å²) in [5, 5.41) is 6.26. The maximum absolute atomic E-state index is 12.4. The first-order chi connectivity index (χ1) is 11.1. The van der Waals surface area contributed by atoms with Crippen molar-refractivity contribution in [2.45, 2.75) is 46.6 Å². The van der Waals surface area contributed by atoms with E-state index < -0.39 is 11.9 Å². The van der Waals surface area contributed by atoms with E-state index in [4.69, 9.17) is 9.26 Å². The van der Waals surface area contributed by atoms with Gasteiger partial charge in [-0.3, -0.25) is 14.9 Å². The smallest absolute Gasteiger partial charge is 0.345 e. The minimum Gasteiger partial charge on any atom is -0.462 e. The molecule has 1 atom stereocenters. The summed E-state index contributed by atoms with van der Waals surface area (Å²) in [6, 6.07) is 0. The average molecular weight is 337 g/mol. The molecule has 1 aromatic rings. The second-order valence-corrected chi connectivity index (χ2v) is 6.76. The van der Waals surface area contributed by atoms with E-state index in [2.05, 4.69) is 10.5 Å². The molecule has 1 aliphatic rings. The summed E-state index contributed by atoms with van der Waals surface area (Å²) in [7, 11) is 0. The molecule has 132 valence electrons. The Kier molecular flexibility index (Phi) is 4.96. The highest BCUT2D eigenvalue weighted by Crippen LogP contribution is 2.28. The number of esters is 1. The van der Waals surface area contributed by atoms with E-state index >= 15 is 0 Å². The normalized spacial score (nSPS) is 18.0. The molecule has 2 rings (SSSR count). The van der Waals surface area contributed by atoms with E-state index in [-0.39, 0.29) is 41.8 Å². The van der Waals surface area contributed by atoms with Crippen molar-refractivity contribution in [3.63, 3.8) is 0 Å². The van der Waals surface area contributed by atoms with Crippen LogP contribution < -0.4 is 5.32 Å². The maximum atomic E-state index is 12.4. The summed E-state index contributed by atoms with van der Waals surface area (Å²) in [5.74, 6) is -1.60. The molecule has 8 nitrogen and oxygen atoms in total. The fourth-order valence-electron chi connectivity index (χ4n) is 2.64. The van der Waals surface area contributed by atoms with Gasteiger partial charge in [0.05, 0.1) is 18.2 Å². The first-order valence-electron chi connectivity index (χ1n) is 7.89. The molecule has 1 N–H and O–H groups in total. The number of nitrogens with zero attached hydrogens (tertiary/aromatic N) is 2. The Hall–Kier alpha value is -2.38. The summed E-state index contributed by atoms with van der Waals surface area (Å²) in [6.45, 7) is 9.57. The summed E-state index contributed by atoms with van der Waals surface area (Å²) < 4.78 is 9.97. The van der Waals surface area contributed by atoms with Gasteiger partial charge in [0.2, 0.25) is 17.7 Å². The number of hydrogen-bond acceptors (Lipinski definition) is 6. The highest BCUT2D eigenvalue weighted by molar-refractivity contribution is 6.02. The van der Waals surface area contributed by atoms with Crippen molar-refractivity contribution >= 4 is 23.7 Å². The van der Waals surface area contributed by atoms with Crippen LogP contribution >= 0.6 is 0 Å². The summed E-state index contributed by atoms with van der Waals surface area (Å²) in [6.07, 6.45) is 0.130. The molecule has 0 bridgehead atoms. The minimum absolute atomic E-state index is 0.0439. The molecule has 1 fully saturated rings. The van der Waals surface area contributed by atoms with Gasteiger partial charge in [-0.05, 0) is 34.6 Å². The van der Waals surface area contributed by atoms with Crippen LogP contribution in [0.4, 0.5) is 5.88 Å². The number of carbonyl (C=O) groups excluding carboxylic acids is 3. The van der Waals surface area contributed by atoms with Gasteiger partial charge in [0.1, 0.15) is 5.56 Å². The van der Waals surface area contributed by atoms with Crippen LogP contribution in [0.15, 0.2) is 4.52 Å². The van der Waals surface area contributed by atoms with Crippen LogP contribution in [-0.2, 0) is 14.3 Å². The van der Waals surface area contributed by atoms with Gasteiger partial charge in [-0.2, -0.15) is 0 Å². The predicted molar refractivity (Wildman–Crippen MR) is 85.4 cm³/mol. The molecule has 1 unspecified atom stereocenters. The summed E-state index contributed by atoms with van der Waals surface area (Å²) in [4.78, 5) is 38.2. The van der Waals surface area contributed by atoms with Crippen molar-refractivity contribution in [2.75, 3.05) is 18.5 Å². The lowest BCUT2D eigenvalue weighted by Gasteiger charge is -2.31. The summed E-state index contributed by atoms with van der Waals surface area (Å²) >= 11 is 0. The van der Waals surface area contributed by atoms with Gasteiger partial charge in [0.25, 0.3) is 0 Å². The van der Waals surface area contributed by atoms with Gasteiger partial charge in [-0.25, -0.2) is 4.79 Å². The predicted octanol–water partition coefficient (Wildman–Crippen LogP) is 1.75. The first kappa shape index (κ1) is 18.0. The molecule has 0 aliphatic carbocycles. The molecular formula is C16H23N3O5. The molecule has 1 saturated heterocycles. The third-order valence-corrected chi connectivity index (χ3v) is 3.88. The number of carbonyl (C=O) groups is 3. The Morgan fingerprint density at radius 3 is 2.62 bits per heavy atom. The van der Waals surface area contributed by atoms with E-state index in [1.807, 2.05) is 20.8 Å². The minimum atomic E-state index is -0.606. The van der Waals surface area contributed by atoms with E-state index in [1.165, 1.54) is 0 Å². The second-order valence-electron chi connectivity index (χ2n) is 6.76. The Bertz CT molecular complexity index is 659. The molecule has 2 heterocycles. The molecule has 24 heavy (non-hydrogen) atoms. The van der Waals surface area contributed by atoms with Crippen LogP contribution in [0.25, 0.3) is 0 Å². The number of ether oxygens (including phenoxy) is 1. The Balaban J connectivity index is 2.12. The number of amides is 2. The Morgan fingerprint density at radius 1 is 1.42 bits per heavy atom. The van der Waals surface area contributed by atoms with Gasteiger partial charge in [-0.1, -0.05) is 5.16 Å². The van der Waals surface area contributed by atoms with E-state index in [9.17, 15) is 14.4 Å². The van der Waals surface area contributed by atoms with Crippen molar-refractivity contribution in [3.8, 4) is 0 Å². The highest BCUT2D eigenvalue weighted by atomic mass is 16.5. The fraction of sp³-hybridized carbons (Fsp3) is 0.625. The number of hydrogen-bond donors (Lipinski definition) is 1. The van der Waals surface area contributed by atoms with Gasteiger partial charge in [0, 0.05) is 18.5 Å². The van der Waals surface area contributed by atoms with Crippen molar-refractivity contribution in [2.24, 2.45) is 5.92 Å². The van der Waals surface area contributed by atoms with Crippen LogP contribution in [0.2, 0.25) is 0 Å². The van der Waals surface area contributed by atoms with Gasteiger partial charge in [-0.15, -0.1) is 0 Å². The van der Waals surface area contributed by atoms with E-state index in [0.717, 1.165) is 0 Å². The standard InChI is InChI=1S/C16H23N3O5/c1-6-23-15(22)12-9(2)18-24-14(12)17-13(21)10-7-11(20)19(8-10)16(3,4)5/h10H,6-8H2,1-5H3,(H,17,21). The van der Waals surface area contributed by atoms with Crippen molar-refractivity contribution in [1.82, 2.24) is 10.1 Å². The van der Waals surface area contributed by atoms with Gasteiger partial charge in [0.15, 0.2) is 0 Å². The van der Waals surface area contributed by atoms with Crippen LogP contribution in [0, 0.1) is 12.8 Å². The largest absolute Gasteiger partial charge is 0.462 e. The quantitative estimate of drug-likeness (QED) is 0.840. The highest BCUT2D eigenvalue weighted by Gasteiger charge is 2.40. The second kappa shape index (κ2) is 6.62. The number of anilines is 1. The summed E-state index contributed by atoms with van der Waals surface area (Å²) in [5.41, 5.74) is 0.0927. The van der Waals surface area contributed by atoms with E-state index in [0.29, 0.717) is 12.2 Å². The number of rotatable bonds is 4. The molecule has 8 heteroatoms. The number of nitrogens with one attached hydrogen (secondary N) is 1. The van der Waals surface area contributed by atoms with Crippen LogP contribution in [0.3, 0.4) is 0 Å². The number of likely N-dealkylation sites (tertiary alicyclic amines) is 1. The maximum Gasteiger partial charge on any atom is 0.345 e. The average Bonchev–Trinajstić information content (AvgIpc) is 3.02. The zero-order chi connectivity index (χ0) is 18.1. The third-order valence-electron chi connectivity index (χ3n) is 3.88. The third kappa shape index (κ3) is 3.58. The monoisotopic (exact) mass is 337 g/mol. The SMILES string of the molecule is CCOC(=O)c1c(C)noc1NC(=O)C1CC(=O)N(C(C)(C)C)C1. The Morgan fingerprint density at radius 2 is 2.08 bits per heavy atom. The fourth-order valence-corrected chi connectivity index (χ4v) is 2.64. The molecule has 0 radical (unpaired) electrons. The van der Waals surface area contributed by atoms with E-state index in [1.54, 1.807) is 18.7 Å². The van der Waals surface area contributed by atoms with Crippen molar-refractivity contribution in [3.05, 3.63) is 11.3 Å². The van der Waals surface area contributed by atoms with Crippen molar-refractivity contribution in [1.29, 1.82) is 0 Å². The molecule has 1 aromatic heterocycles. The Labute approximate surface area is 140 Å². The lowest BCUT2D eigenvalue weighted by molar-refractivity contribution is -0.131. The lowest BCUT2D eigenvalue weighted by atomic mass is 10.1.